The van der Waals surface area contributed by atoms with Crippen LogP contribution in [0.2, 0.25) is 0 Å². The van der Waals surface area contributed by atoms with Crippen LogP contribution in [0, 0.1) is 5.92 Å². The number of hydrogen-bond acceptors (Lipinski definition) is 3. The molecular weight excluding hydrogens is 334 g/mol. The lowest BCUT2D eigenvalue weighted by Gasteiger charge is -2.15. The van der Waals surface area contributed by atoms with Gasteiger partial charge >= 0.3 is 0 Å². The molecule has 1 fully saturated rings. The van der Waals surface area contributed by atoms with Crippen LogP contribution >= 0.6 is 27.3 Å². The van der Waals surface area contributed by atoms with Gasteiger partial charge in [-0.2, -0.15) is 0 Å². The summed E-state index contributed by atoms with van der Waals surface area (Å²) in [7, 11) is 0. The lowest BCUT2D eigenvalue weighted by atomic mass is 9.95. The monoisotopic (exact) mass is 351 g/mol. The number of rotatable bonds is 4. The van der Waals surface area contributed by atoms with Crippen molar-refractivity contribution in [2.24, 2.45) is 5.92 Å². The van der Waals surface area contributed by atoms with Gasteiger partial charge in [-0.1, -0.05) is 30.3 Å². The van der Waals surface area contributed by atoms with Gasteiger partial charge in [0.25, 0.3) is 0 Å². The number of benzene rings is 1. The Kier molecular flexibility index (Phi) is 4.56. The topological polar surface area (TPSA) is 23.5 Å². The summed E-state index contributed by atoms with van der Waals surface area (Å²) in [4.78, 5) is 3.83. The van der Waals surface area contributed by atoms with E-state index in [0.29, 0.717) is 11.8 Å². The van der Waals surface area contributed by atoms with Crippen LogP contribution in [0.5, 0.6) is 0 Å². The Morgan fingerprint density at radius 3 is 2.70 bits per heavy atom. The minimum Gasteiger partial charge on any atom is -0.396 e. The maximum atomic E-state index is 9.65. The minimum absolute atomic E-state index is 0.269. The molecule has 20 heavy (non-hydrogen) atoms. The Balaban J connectivity index is 1.71. The molecule has 0 aliphatic carbocycles. The average molecular weight is 352 g/mol. The highest BCUT2D eigenvalue weighted by atomic mass is 79.9. The molecule has 2 aromatic rings. The van der Waals surface area contributed by atoms with Crippen LogP contribution in [0.15, 0.2) is 46.3 Å². The second kappa shape index (κ2) is 6.39. The first-order valence-electron chi connectivity index (χ1n) is 6.87. The van der Waals surface area contributed by atoms with Crippen molar-refractivity contribution >= 4 is 27.3 Å². The molecule has 1 saturated heterocycles. The third-order valence-corrected chi connectivity index (χ3v) is 5.78. The third kappa shape index (κ3) is 3.14. The molecule has 2 heterocycles. The normalized spacial score (nSPS) is 23.3. The van der Waals surface area contributed by atoms with Crippen LogP contribution in [-0.2, 0) is 6.54 Å². The number of nitrogens with zero attached hydrogens (tertiary/aromatic N) is 1. The fourth-order valence-corrected chi connectivity index (χ4v) is 4.59. The molecule has 0 radical (unpaired) electrons. The maximum Gasteiger partial charge on any atom is 0.0478 e. The highest BCUT2D eigenvalue weighted by Gasteiger charge is 2.34. The first-order valence-corrected chi connectivity index (χ1v) is 8.54. The predicted octanol–water partition coefficient (Wildman–Crippen LogP) is 3.72. The maximum absolute atomic E-state index is 9.65. The number of thiophene rings is 1. The van der Waals surface area contributed by atoms with Gasteiger partial charge < -0.3 is 5.11 Å². The first kappa shape index (κ1) is 14.3. The summed E-state index contributed by atoms with van der Waals surface area (Å²) in [6, 6.07) is 12.8. The number of aliphatic hydroxyl groups is 1. The molecule has 106 valence electrons. The molecule has 1 aliphatic heterocycles. The molecular formula is C16H18BrNOS. The van der Waals surface area contributed by atoms with Crippen LogP contribution in [0.3, 0.4) is 0 Å². The van der Waals surface area contributed by atoms with Crippen molar-refractivity contribution in [3.8, 4) is 0 Å². The van der Waals surface area contributed by atoms with Crippen molar-refractivity contribution < 1.29 is 5.11 Å². The zero-order valence-electron chi connectivity index (χ0n) is 11.2. The SMILES string of the molecule is OCC1CN(Cc2ccccc2)CC1c1cc(Br)cs1. The molecule has 2 atom stereocenters. The molecule has 0 amide bonds. The van der Waals surface area contributed by atoms with Crippen LogP contribution in [0.1, 0.15) is 16.4 Å². The van der Waals surface area contributed by atoms with Crippen molar-refractivity contribution in [3.05, 3.63) is 56.7 Å². The van der Waals surface area contributed by atoms with E-state index in [1.807, 2.05) is 0 Å². The van der Waals surface area contributed by atoms with E-state index in [-0.39, 0.29) is 6.61 Å². The summed E-state index contributed by atoms with van der Waals surface area (Å²) in [5.74, 6) is 0.810. The quantitative estimate of drug-likeness (QED) is 0.907. The molecule has 3 rings (SSSR count). The molecule has 1 aliphatic rings. The van der Waals surface area contributed by atoms with Gasteiger partial charge in [0, 0.05) is 52.8 Å². The molecule has 0 spiro atoms. The van der Waals surface area contributed by atoms with Gasteiger partial charge in [-0.05, 0) is 27.6 Å². The molecule has 0 saturated carbocycles. The standard InChI is InChI=1S/C16H18BrNOS/c17-14-6-16(20-11-14)15-9-18(8-13(15)10-19)7-12-4-2-1-3-5-12/h1-6,11,13,15,19H,7-10H2. The smallest absolute Gasteiger partial charge is 0.0478 e. The second-order valence-electron chi connectivity index (χ2n) is 5.40. The Hall–Kier alpha value is -0.680. The molecule has 2 nitrogen and oxygen atoms in total. The molecule has 0 bridgehead atoms. The highest BCUT2D eigenvalue weighted by molar-refractivity contribution is 9.10. The van der Waals surface area contributed by atoms with Crippen LogP contribution in [-0.4, -0.2) is 29.7 Å². The predicted molar refractivity (Wildman–Crippen MR) is 87.1 cm³/mol. The van der Waals surface area contributed by atoms with Gasteiger partial charge in [-0.3, -0.25) is 4.90 Å². The Morgan fingerprint density at radius 2 is 2.05 bits per heavy atom. The fourth-order valence-electron chi connectivity index (χ4n) is 2.96. The van der Waals surface area contributed by atoms with Crippen molar-refractivity contribution in [2.75, 3.05) is 19.7 Å². The summed E-state index contributed by atoms with van der Waals surface area (Å²) in [6.45, 7) is 3.25. The van der Waals surface area contributed by atoms with Crippen molar-refractivity contribution in [1.82, 2.24) is 4.90 Å². The second-order valence-corrected chi connectivity index (χ2v) is 7.25. The third-order valence-electron chi connectivity index (χ3n) is 3.95. The summed E-state index contributed by atoms with van der Waals surface area (Å²) in [6.07, 6.45) is 0. The Morgan fingerprint density at radius 1 is 1.25 bits per heavy atom. The van der Waals surface area contributed by atoms with E-state index >= 15 is 0 Å². The fraction of sp³-hybridized carbons (Fsp3) is 0.375. The van der Waals surface area contributed by atoms with Crippen molar-refractivity contribution in [1.29, 1.82) is 0 Å². The number of halogens is 1. The Bertz CT molecular complexity index is 557. The van der Waals surface area contributed by atoms with Crippen molar-refractivity contribution in [3.63, 3.8) is 0 Å². The molecule has 2 unspecified atom stereocenters. The lowest BCUT2D eigenvalue weighted by Crippen LogP contribution is -2.20. The zero-order valence-corrected chi connectivity index (χ0v) is 13.6. The summed E-state index contributed by atoms with van der Waals surface area (Å²) < 4.78 is 1.15. The van der Waals surface area contributed by atoms with Gasteiger partial charge in [0.2, 0.25) is 0 Å². The summed E-state index contributed by atoms with van der Waals surface area (Å²) >= 11 is 5.31. The minimum atomic E-state index is 0.269. The van der Waals surface area contributed by atoms with Gasteiger partial charge in [0.1, 0.15) is 0 Å². The van der Waals surface area contributed by atoms with Crippen LogP contribution in [0.25, 0.3) is 0 Å². The molecule has 4 heteroatoms. The molecule has 1 N–H and O–H groups in total. The summed E-state index contributed by atoms with van der Waals surface area (Å²) in [5, 5.41) is 11.8. The highest BCUT2D eigenvalue weighted by Crippen LogP contribution is 2.37. The van der Waals surface area contributed by atoms with Crippen LogP contribution < -0.4 is 0 Å². The zero-order chi connectivity index (χ0) is 13.9. The van der Waals surface area contributed by atoms with E-state index in [1.165, 1.54) is 10.4 Å². The van der Waals surface area contributed by atoms with E-state index in [9.17, 15) is 5.11 Å². The van der Waals surface area contributed by atoms with Gasteiger partial charge in [-0.15, -0.1) is 11.3 Å². The van der Waals surface area contributed by atoms with E-state index < -0.39 is 0 Å². The average Bonchev–Trinajstić information content (AvgIpc) is 3.06. The van der Waals surface area contributed by atoms with Gasteiger partial charge in [-0.25, -0.2) is 0 Å². The van der Waals surface area contributed by atoms with E-state index in [4.69, 9.17) is 0 Å². The van der Waals surface area contributed by atoms with Gasteiger partial charge in [0.05, 0.1) is 0 Å². The number of likely N-dealkylation sites (tertiary alicyclic amines) is 1. The van der Waals surface area contributed by atoms with Gasteiger partial charge in [0.15, 0.2) is 0 Å². The first-order chi connectivity index (χ1) is 9.76. The van der Waals surface area contributed by atoms with E-state index in [0.717, 1.165) is 24.1 Å². The molecule has 1 aromatic heterocycles. The van der Waals surface area contributed by atoms with Crippen LogP contribution in [0.4, 0.5) is 0 Å². The molecule has 1 aromatic carbocycles. The Labute approximate surface area is 132 Å². The van der Waals surface area contributed by atoms with E-state index in [2.05, 4.69) is 62.6 Å². The van der Waals surface area contributed by atoms with Crippen molar-refractivity contribution in [2.45, 2.75) is 12.5 Å². The summed E-state index contributed by atoms with van der Waals surface area (Å²) in [5.41, 5.74) is 1.34. The number of hydrogen-bond donors (Lipinski definition) is 1. The van der Waals surface area contributed by atoms with E-state index in [1.54, 1.807) is 11.3 Å². The lowest BCUT2D eigenvalue weighted by molar-refractivity contribution is 0.214. The number of aliphatic hydroxyl groups excluding tert-OH is 1. The largest absolute Gasteiger partial charge is 0.396 e.